The summed E-state index contributed by atoms with van der Waals surface area (Å²) in [6.07, 6.45) is 3.74. The molecular formula is C18H22N6O4S. The number of nitrogens with one attached hydrogen (secondary N) is 1. The van der Waals surface area contributed by atoms with E-state index in [0.29, 0.717) is 11.6 Å². The number of rotatable bonds is 10. The van der Waals surface area contributed by atoms with Crippen molar-refractivity contribution in [2.24, 2.45) is 0 Å². The summed E-state index contributed by atoms with van der Waals surface area (Å²) >= 11 is 0. The molecule has 10 nitrogen and oxygen atoms in total. The number of sulfonamides is 1. The highest BCUT2D eigenvalue weighted by Gasteiger charge is 2.11. The Hall–Kier alpha value is -3.05. The van der Waals surface area contributed by atoms with Gasteiger partial charge >= 0.3 is 0 Å². The highest BCUT2D eigenvalue weighted by molar-refractivity contribution is 7.89. The van der Waals surface area contributed by atoms with Crippen LogP contribution in [-0.2, 0) is 23.0 Å². The quantitative estimate of drug-likeness (QED) is 0.505. The van der Waals surface area contributed by atoms with Crippen molar-refractivity contribution in [3.8, 4) is 11.6 Å². The van der Waals surface area contributed by atoms with E-state index in [1.165, 1.54) is 39.7 Å². The van der Waals surface area contributed by atoms with E-state index in [2.05, 4.69) is 26.8 Å². The first-order valence-corrected chi connectivity index (χ1v) is 10.7. The molecule has 0 saturated heterocycles. The fourth-order valence-electron chi connectivity index (χ4n) is 2.52. The minimum Gasteiger partial charge on any atom is -0.492 e. The van der Waals surface area contributed by atoms with Crippen LogP contribution in [-0.4, -0.2) is 51.9 Å². The summed E-state index contributed by atoms with van der Waals surface area (Å²) in [5.74, 6) is 0.842. The fourth-order valence-corrected chi connectivity index (χ4v) is 3.37. The first-order chi connectivity index (χ1) is 14.0. The molecule has 2 aromatic heterocycles. The van der Waals surface area contributed by atoms with E-state index >= 15 is 0 Å². The Morgan fingerprint density at radius 3 is 2.62 bits per heavy atom. The van der Waals surface area contributed by atoms with E-state index in [-0.39, 0.29) is 31.0 Å². The van der Waals surface area contributed by atoms with E-state index in [4.69, 9.17) is 4.74 Å². The molecular weight excluding hydrogens is 396 g/mol. The van der Waals surface area contributed by atoms with Crippen LogP contribution in [0.15, 0.2) is 53.8 Å². The molecule has 0 atom stereocenters. The topological polar surface area (TPSA) is 121 Å². The highest BCUT2D eigenvalue weighted by Crippen LogP contribution is 2.12. The molecule has 0 bridgehead atoms. The number of ether oxygens (including phenoxy) is 1. The van der Waals surface area contributed by atoms with Gasteiger partial charge in [-0.3, -0.25) is 4.79 Å². The predicted molar refractivity (Wildman–Crippen MR) is 107 cm³/mol. The monoisotopic (exact) mass is 418 g/mol. The van der Waals surface area contributed by atoms with E-state index < -0.39 is 10.0 Å². The van der Waals surface area contributed by atoms with Crippen molar-refractivity contribution in [3.63, 3.8) is 0 Å². The summed E-state index contributed by atoms with van der Waals surface area (Å²) in [6.45, 7) is 2.20. The highest BCUT2D eigenvalue weighted by atomic mass is 32.2. The molecule has 0 aliphatic carbocycles. The van der Waals surface area contributed by atoms with Crippen LogP contribution in [0.3, 0.4) is 0 Å². The van der Waals surface area contributed by atoms with Crippen LogP contribution in [0.2, 0.25) is 0 Å². The first kappa shape index (κ1) is 20.7. The number of benzene rings is 1. The van der Waals surface area contributed by atoms with Crippen molar-refractivity contribution < 1.29 is 13.2 Å². The van der Waals surface area contributed by atoms with Crippen molar-refractivity contribution in [1.82, 2.24) is 29.3 Å². The summed E-state index contributed by atoms with van der Waals surface area (Å²) in [5.41, 5.74) is 0.843. The molecule has 0 spiro atoms. The number of nitrogens with zero attached hydrogens (tertiary/aromatic N) is 5. The molecule has 0 radical (unpaired) electrons. The minimum absolute atomic E-state index is 0.0286. The van der Waals surface area contributed by atoms with E-state index in [0.717, 1.165) is 6.42 Å². The van der Waals surface area contributed by atoms with Gasteiger partial charge in [-0.2, -0.15) is 5.10 Å². The van der Waals surface area contributed by atoms with Crippen LogP contribution in [0, 0.1) is 0 Å². The number of hydrogen-bond acceptors (Lipinski definition) is 7. The second-order valence-electron chi connectivity index (χ2n) is 6.15. The van der Waals surface area contributed by atoms with Gasteiger partial charge in [-0.05, 0) is 30.2 Å². The molecule has 11 heteroatoms. The summed E-state index contributed by atoms with van der Waals surface area (Å²) in [7, 11) is -3.55. The molecule has 1 N–H and O–H groups in total. The van der Waals surface area contributed by atoms with Crippen LogP contribution in [0.5, 0.6) is 5.75 Å². The average molecular weight is 418 g/mol. The molecule has 3 rings (SSSR count). The number of hydrogen-bond donors (Lipinski definition) is 1. The maximum atomic E-state index is 12.1. The smallest absolute Gasteiger partial charge is 0.266 e. The molecule has 0 aliphatic rings. The van der Waals surface area contributed by atoms with E-state index in [1.807, 2.05) is 24.3 Å². The second-order valence-corrected chi connectivity index (χ2v) is 8.08. The molecule has 29 heavy (non-hydrogen) atoms. The van der Waals surface area contributed by atoms with Gasteiger partial charge in [-0.1, -0.05) is 19.1 Å². The zero-order valence-electron chi connectivity index (χ0n) is 15.9. The second kappa shape index (κ2) is 9.43. The van der Waals surface area contributed by atoms with Crippen molar-refractivity contribution in [2.75, 3.05) is 18.9 Å². The van der Waals surface area contributed by atoms with Gasteiger partial charge in [0.25, 0.3) is 5.56 Å². The van der Waals surface area contributed by atoms with E-state index in [9.17, 15) is 13.2 Å². The third-order valence-corrected chi connectivity index (χ3v) is 5.45. The van der Waals surface area contributed by atoms with Crippen molar-refractivity contribution in [3.05, 3.63) is 65.0 Å². The molecule has 0 saturated carbocycles. The van der Waals surface area contributed by atoms with Crippen LogP contribution in [0.4, 0.5) is 0 Å². The Bertz CT molecular complexity index is 1080. The van der Waals surface area contributed by atoms with Gasteiger partial charge in [0.1, 0.15) is 25.0 Å². The van der Waals surface area contributed by atoms with Gasteiger partial charge in [0.15, 0.2) is 5.82 Å². The largest absolute Gasteiger partial charge is 0.492 e. The number of aromatic nitrogens is 5. The lowest BCUT2D eigenvalue weighted by Gasteiger charge is -2.10. The standard InChI is InChI=1S/C18H22N6O4S/c1-2-15-3-5-16(6-4-15)28-11-12-29(26,27)21-9-10-23-18(25)8-7-17(22-23)24-14-19-13-20-24/h3-8,13-14,21H,2,9-12H2,1H3. The fraction of sp³-hybridized carbons (Fsp3) is 0.333. The van der Waals surface area contributed by atoms with Crippen LogP contribution in [0.1, 0.15) is 12.5 Å². The Balaban J connectivity index is 1.49. The minimum atomic E-state index is -3.55. The van der Waals surface area contributed by atoms with Crippen molar-refractivity contribution in [2.45, 2.75) is 19.9 Å². The molecule has 3 aromatic rings. The summed E-state index contributed by atoms with van der Waals surface area (Å²) in [4.78, 5) is 15.8. The maximum absolute atomic E-state index is 12.1. The zero-order valence-corrected chi connectivity index (χ0v) is 16.7. The molecule has 0 aliphatic heterocycles. The molecule has 2 heterocycles. The Morgan fingerprint density at radius 1 is 1.14 bits per heavy atom. The lowest BCUT2D eigenvalue weighted by atomic mass is 10.2. The number of aryl methyl sites for hydroxylation is 1. The molecule has 154 valence electrons. The molecule has 0 unspecified atom stereocenters. The summed E-state index contributed by atoms with van der Waals surface area (Å²) in [5, 5.41) is 8.10. The first-order valence-electron chi connectivity index (χ1n) is 9.09. The van der Waals surface area contributed by atoms with Gasteiger partial charge in [0, 0.05) is 12.6 Å². The van der Waals surface area contributed by atoms with Crippen LogP contribution in [0.25, 0.3) is 5.82 Å². The van der Waals surface area contributed by atoms with Gasteiger partial charge in [-0.15, -0.1) is 5.10 Å². The molecule has 1 aromatic carbocycles. The third kappa shape index (κ3) is 5.96. The van der Waals surface area contributed by atoms with Crippen molar-refractivity contribution >= 4 is 10.0 Å². The Kier molecular flexibility index (Phi) is 6.73. The zero-order chi connectivity index (χ0) is 20.7. The lowest BCUT2D eigenvalue weighted by Crippen LogP contribution is -2.34. The average Bonchev–Trinajstić information content (AvgIpc) is 3.24. The third-order valence-electron chi connectivity index (χ3n) is 4.10. The summed E-state index contributed by atoms with van der Waals surface area (Å²) in [6, 6.07) is 10.4. The lowest BCUT2D eigenvalue weighted by molar-refractivity contribution is 0.340. The van der Waals surface area contributed by atoms with Gasteiger partial charge < -0.3 is 4.74 Å². The maximum Gasteiger partial charge on any atom is 0.266 e. The SMILES string of the molecule is CCc1ccc(OCCS(=O)(=O)NCCn2nc(-n3cncn3)ccc2=O)cc1. The molecule has 0 amide bonds. The van der Waals surface area contributed by atoms with Crippen LogP contribution >= 0.6 is 0 Å². The van der Waals surface area contributed by atoms with Gasteiger partial charge in [0.2, 0.25) is 10.0 Å². The van der Waals surface area contributed by atoms with Gasteiger partial charge in [0.05, 0.1) is 12.3 Å². The van der Waals surface area contributed by atoms with Gasteiger partial charge in [-0.25, -0.2) is 27.5 Å². The van der Waals surface area contributed by atoms with Crippen molar-refractivity contribution in [1.29, 1.82) is 0 Å². The summed E-state index contributed by atoms with van der Waals surface area (Å²) < 4.78 is 34.8. The molecule has 0 fully saturated rings. The Morgan fingerprint density at radius 2 is 1.93 bits per heavy atom. The normalized spacial score (nSPS) is 11.5. The predicted octanol–water partition coefficient (Wildman–Crippen LogP) is 0.385. The van der Waals surface area contributed by atoms with E-state index in [1.54, 1.807) is 0 Å². The Labute approximate surface area is 168 Å². The van der Waals surface area contributed by atoms with Crippen LogP contribution < -0.4 is 15.0 Å².